The van der Waals surface area contributed by atoms with E-state index in [1.54, 1.807) is 11.3 Å². The molecular formula is C14H17N3O3S. The van der Waals surface area contributed by atoms with Crippen molar-refractivity contribution >= 4 is 17.3 Å². The molecule has 0 spiro atoms. The second kappa shape index (κ2) is 5.57. The molecule has 1 fully saturated rings. The molecular weight excluding hydrogens is 290 g/mol. The molecule has 0 aliphatic carbocycles. The van der Waals surface area contributed by atoms with Crippen LogP contribution in [0, 0.1) is 5.41 Å². The van der Waals surface area contributed by atoms with Crippen LogP contribution in [0.3, 0.4) is 0 Å². The van der Waals surface area contributed by atoms with E-state index in [1.165, 1.54) is 0 Å². The number of piperidine rings is 1. The van der Waals surface area contributed by atoms with Gasteiger partial charge in [0.15, 0.2) is 5.82 Å². The molecule has 1 aliphatic rings. The minimum absolute atomic E-state index is 0.549. The number of hydrogen-bond donors (Lipinski definition) is 1. The van der Waals surface area contributed by atoms with Gasteiger partial charge in [-0.15, -0.1) is 11.3 Å². The summed E-state index contributed by atoms with van der Waals surface area (Å²) in [4.78, 5) is 18.7. The average Bonchev–Trinajstić information content (AvgIpc) is 3.12. The van der Waals surface area contributed by atoms with Crippen LogP contribution in [-0.4, -0.2) is 39.2 Å². The highest BCUT2D eigenvalue weighted by molar-refractivity contribution is 7.13. The van der Waals surface area contributed by atoms with Crippen molar-refractivity contribution in [1.29, 1.82) is 0 Å². The number of nitrogens with zero attached hydrogens (tertiary/aromatic N) is 3. The third-order valence-corrected chi connectivity index (χ3v) is 4.90. The number of carboxylic acids is 1. The number of rotatable bonds is 4. The molecule has 0 bridgehead atoms. The summed E-state index contributed by atoms with van der Waals surface area (Å²) in [5, 5.41) is 15.2. The van der Waals surface area contributed by atoms with Crippen molar-refractivity contribution < 1.29 is 14.4 Å². The van der Waals surface area contributed by atoms with Crippen molar-refractivity contribution in [3.05, 3.63) is 23.3 Å². The van der Waals surface area contributed by atoms with E-state index in [-0.39, 0.29) is 0 Å². The molecule has 2 aromatic heterocycles. The Bertz CT molecular complexity index is 615. The van der Waals surface area contributed by atoms with Gasteiger partial charge >= 0.3 is 5.97 Å². The lowest BCUT2D eigenvalue weighted by Gasteiger charge is -2.35. The fraction of sp³-hybridized carbons (Fsp3) is 0.500. The number of likely N-dealkylation sites (tertiary alicyclic amines) is 1. The maximum Gasteiger partial charge on any atom is 0.309 e. The normalized spacial score (nSPS) is 18.7. The van der Waals surface area contributed by atoms with E-state index in [2.05, 4.69) is 15.0 Å². The van der Waals surface area contributed by atoms with Crippen molar-refractivity contribution in [2.24, 2.45) is 5.41 Å². The summed E-state index contributed by atoms with van der Waals surface area (Å²) in [5.74, 6) is 0.492. The van der Waals surface area contributed by atoms with Gasteiger partial charge in [-0.2, -0.15) is 4.98 Å². The van der Waals surface area contributed by atoms with Crippen molar-refractivity contribution in [1.82, 2.24) is 15.0 Å². The van der Waals surface area contributed by atoms with Gasteiger partial charge in [0.2, 0.25) is 0 Å². The van der Waals surface area contributed by atoms with Crippen LogP contribution in [0.5, 0.6) is 0 Å². The van der Waals surface area contributed by atoms with E-state index in [0.29, 0.717) is 31.1 Å². The summed E-state index contributed by atoms with van der Waals surface area (Å²) in [7, 11) is 0. The van der Waals surface area contributed by atoms with Gasteiger partial charge in [-0.3, -0.25) is 9.69 Å². The third-order valence-electron chi connectivity index (χ3n) is 4.04. The van der Waals surface area contributed by atoms with Gasteiger partial charge in [0, 0.05) is 0 Å². The molecule has 112 valence electrons. The van der Waals surface area contributed by atoms with Gasteiger partial charge in [-0.05, 0) is 44.3 Å². The molecule has 0 amide bonds. The zero-order valence-corrected chi connectivity index (χ0v) is 12.6. The second-order valence-electron chi connectivity index (χ2n) is 5.64. The monoisotopic (exact) mass is 307 g/mol. The maximum atomic E-state index is 11.2. The molecule has 1 N–H and O–H groups in total. The molecule has 0 unspecified atom stereocenters. The Morgan fingerprint density at radius 1 is 1.52 bits per heavy atom. The van der Waals surface area contributed by atoms with Gasteiger partial charge in [0.05, 0.1) is 16.8 Å². The Morgan fingerprint density at radius 3 is 2.90 bits per heavy atom. The Balaban J connectivity index is 1.60. The summed E-state index contributed by atoms with van der Waals surface area (Å²) in [5.41, 5.74) is -0.601. The Labute approximate surface area is 126 Å². The zero-order chi connectivity index (χ0) is 14.9. The summed E-state index contributed by atoms with van der Waals surface area (Å²) in [6, 6.07) is 3.89. The average molecular weight is 307 g/mol. The predicted octanol–water partition coefficient (Wildman–Crippen LogP) is 2.48. The van der Waals surface area contributed by atoms with Crippen LogP contribution in [-0.2, 0) is 11.3 Å². The largest absolute Gasteiger partial charge is 0.481 e. The molecule has 0 aromatic carbocycles. The van der Waals surface area contributed by atoms with Gasteiger partial charge in [-0.1, -0.05) is 11.2 Å². The van der Waals surface area contributed by atoms with Crippen LogP contribution in [0.1, 0.15) is 25.6 Å². The second-order valence-corrected chi connectivity index (χ2v) is 6.58. The van der Waals surface area contributed by atoms with Crippen molar-refractivity contribution in [3.63, 3.8) is 0 Å². The quantitative estimate of drug-likeness (QED) is 0.935. The zero-order valence-electron chi connectivity index (χ0n) is 11.8. The Hall–Kier alpha value is -1.73. The van der Waals surface area contributed by atoms with E-state index in [0.717, 1.165) is 18.0 Å². The first kappa shape index (κ1) is 14.2. The number of carbonyl (C=O) groups is 1. The lowest BCUT2D eigenvalue weighted by atomic mass is 9.80. The summed E-state index contributed by atoms with van der Waals surface area (Å²) in [6.07, 6.45) is 1.30. The number of hydrogen-bond acceptors (Lipinski definition) is 6. The molecule has 0 radical (unpaired) electrons. The van der Waals surface area contributed by atoms with E-state index in [4.69, 9.17) is 4.52 Å². The lowest BCUT2D eigenvalue weighted by Crippen LogP contribution is -2.42. The first-order valence-corrected chi connectivity index (χ1v) is 7.77. The van der Waals surface area contributed by atoms with Crippen LogP contribution in [0.4, 0.5) is 0 Å². The minimum atomic E-state index is -0.707. The maximum absolute atomic E-state index is 11.2. The van der Waals surface area contributed by atoms with Gasteiger partial charge in [0.1, 0.15) is 0 Å². The van der Waals surface area contributed by atoms with Gasteiger partial charge in [-0.25, -0.2) is 0 Å². The highest BCUT2D eigenvalue weighted by Gasteiger charge is 2.37. The van der Waals surface area contributed by atoms with E-state index in [1.807, 2.05) is 24.4 Å². The third kappa shape index (κ3) is 2.98. The summed E-state index contributed by atoms with van der Waals surface area (Å²) < 4.78 is 5.26. The summed E-state index contributed by atoms with van der Waals surface area (Å²) in [6.45, 7) is 3.90. The van der Waals surface area contributed by atoms with Crippen LogP contribution >= 0.6 is 11.3 Å². The fourth-order valence-electron chi connectivity index (χ4n) is 2.44. The molecule has 1 aliphatic heterocycles. The molecule has 0 saturated carbocycles. The minimum Gasteiger partial charge on any atom is -0.481 e. The number of aliphatic carboxylic acids is 1. The van der Waals surface area contributed by atoms with Crippen LogP contribution in [0.25, 0.3) is 10.8 Å². The van der Waals surface area contributed by atoms with Crippen molar-refractivity contribution in [2.75, 3.05) is 13.1 Å². The Kier molecular flexibility index (Phi) is 3.77. The lowest BCUT2D eigenvalue weighted by molar-refractivity contribution is -0.150. The number of aromatic nitrogens is 2. The number of carboxylic acid groups (broad SMARTS) is 1. The van der Waals surface area contributed by atoms with E-state index < -0.39 is 11.4 Å². The standard InChI is InChI=1S/C14H17N3O3S/c1-14(13(18)19)4-6-17(7-5-14)9-11-15-12(20-16-11)10-3-2-8-21-10/h2-3,8H,4-7,9H2,1H3,(H,18,19). The van der Waals surface area contributed by atoms with E-state index in [9.17, 15) is 9.90 Å². The molecule has 2 aromatic rings. The molecule has 3 rings (SSSR count). The predicted molar refractivity (Wildman–Crippen MR) is 77.9 cm³/mol. The molecule has 1 saturated heterocycles. The highest BCUT2D eigenvalue weighted by Crippen LogP contribution is 2.31. The van der Waals surface area contributed by atoms with Gasteiger partial charge < -0.3 is 9.63 Å². The summed E-state index contributed by atoms with van der Waals surface area (Å²) >= 11 is 1.56. The molecule has 0 atom stereocenters. The number of thiophene rings is 1. The van der Waals surface area contributed by atoms with Crippen LogP contribution < -0.4 is 0 Å². The van der Waals surface area contributed by atoms with E-state index >= 15 is 0 Å². The molecule has 3 heterocycles. The first-order valence-electron chi connectivity index (χ1n) is 6.89. The first-order chi connectivity index (χ1) is 10.1. The topological polar surface area (TPSA) is 79.5 Å². The van der Waals surface area contributed by atoms with Crippen LogP contribution in [0.2, 0.25) is 0 Å². The van der Waals surface area contributed by atoms with Crippen molar-refractivity contribution in [3.8, 4) is 10.8 Å². The Morgan fingerprint density at radius 2 is 2.29 bits per heavy atom. The fourth-order valence-corrected chi connectivity index (χ4v) is 3.08. The molecule has 6 nitrogen and oxygen atoms in total. The highest BCUT2D eigenvalue weighted by atomic mass is 32.1. The molecule has 7 heteroatoms. The SMILES string of the molecule is CC1(C(=O)O)CCN(Cc2noc(-c3cccs3)n2)CC1. The van der Waals surface area contributed by atoms with Crippen molar-refractivity contribution in [2.45, 2.75) is 26.3 Å². The van der Waals surface area contributed by atoms with Gasteiger partial charge in [0.25, 0.3) is 5.89 Å². The molecule has 21 heavy (non-hydrogen) atoms. The van der Waals surface area contributed by atoms with Crippen LogP contribution in [0.15, 0.2) is 22.0 Å². The smallest absolute Gasteiger partial charge is 0.309 e.